The Kier molecular flexibility index (Phi) is 1.56. The summed E-state index contributed by atoms with van der Waals surface area (Å²) in [6.45, 7) is 4.50. The minimum absolute atomic E-state index is 0.249. The molecule has 0 heterocycles. The van der Waals surface area contributed by atoms with Crippen LogP contribution in [0.1, 0.15) is 31.4 Å². The third-order valence-corrected chi connectivity index (χ3v) is 3.04. The quantitative estimate of drug-likeness (QED) is 0.594. The normalized spacial score (nSPS) is 18.6. The highest BCUT2D eigenvalue weighted by molar-refractivity contribution is 5.63. The summed E-state index contributed by atoms with van der Waals surface area (Å²) in [5, 5.41) is 0. The summed E-state index contributed by atoms with van der Waals surface area (Å²) in [6, 6.07) is 3.93. The smallest absolute Gasteiger partial charge is 0.0370 e. The molecule has 13 heavy (non-hydrogen) atoms. The molecule has 2 heteroatoms. The van der Waals surface area contributed by atoms with E-state index in [-0.39, 0.29) is 5.41 Å². The summed E-state index contributed by atoms with van der Waals surface area (Å²) in [5.41, 5.74) is 16.2. The van der Waals surface area contributed by atoms with Crippen LogP contribution in [0.5, 0.6) is 0 Å². The highest BCUT2D eigenvalue weighted by Gasteiger charge is 2.30. The molecule has 1 aromatic carbocycles. The van der Waals surface area contributed by atoms with E-state index in [0.717, 1.165) is 17.8 Å². The van der Waals surface area contributed by atoms with Crippen LogP contribution in [0.15, 0.2) is 12.1 Å². The first-order valence-electron chi connectivity index (χ1n) is 4.69. The van der Waals surface area contributed by atoms with Gasteiger partial charge in [-0.05, 0) is 41.5 Å². The van der Waals surface area contributed by atoms with Crippen LogP contribution in [0.2, 0.25) is 0 Å². The van der Waals surface area contributed by atoms with E-state index in [9.17, 15) is 0 Å². The highest BCUT2D eigenvalue weighted by Crippen LogP contribution is 2.41. The number of fused-ring (bicyclic) bond motifs is 1. The lowest BCUT2D eigenvalue weighted by Crippen LogP contribution is -2.12. The van der Waals surface area contributed by atoms with Gasteiger partial charge in [-0.3, -0.25) is 0 Å². The number of rotatable bonds is 0. The van der Waals surface area contributed by atoms with Crippen LogP contribution in [0, 0.1) is 0 Å². The Labute approximate surface area is 78.9 Å². The first-order valence-corrected chi connectivity index (χ1v) is 4.69. The van der Waals surface area contributed by atoms with Crippen LogP contribution in [-0.4, -0.2) is 0 Å². The van der Waals surface area contributed by atoms with Gasteiger partial charge in [-0.15, -0.1) is 0 Å². The molecule has 0 saturated heterocycles. The zero-order valence-electron chi connectivity index (χ0n) is 8.22. The van der Waals surface area contributed by atoms with Gasteiger partial charge in [0.05, 0.1) is 0 Å². The van der Waals surface area contributed by atoms with Gasteiger partial charge in [0, 0.05) is 11.4 Å². The zero-order chi connectivity index (χ0) is 9.64. The Morgan fingerprint density at radius 3 is 2.62 bits per heavy atom. The van der Waals surface area contributed by atoms with Crippen molar-refractivity contribution < 1.29 is 0 Å². The fourth-order valence-corrected chi connectivity index (χ4v) is 2.17. The highest BCUT2D eigenvalue weighted by atomic mass is 14.6. The predicted octanol–water partition coefficient (Wildman–Crippen LogP) is 2.07. The summed E-state index contributed by atoms with van der Waals surface area (Å²) in [4.78, 5) is 0. The molecule has 70 valence electrons. The van der Waals surface area contributed by atoms with Crippen LogP contribution < -0.4 is 11.5 Å². The Hall–Kier alpha value is -1.18. The Morgan fingerprint density at radius 2 is 1.92 bits per heavy atom. The summed E-state index contributed by atoms with van der Waals surface area (Å²) in [6.07, 6.45) is 2.27. The van der Waals surface area contributed by atoms with E-state index < -0.39 is 0 Å². The Bertz CT molecular complexity index is 353. The molecule has 0 fully saturated rings. The van der Waals surface area contributed by atoms with E-state index >= 15 is 0 Å². The maximum atomic E-state index is 5.91. The van der Waals surface area contributed by atoms with Crippen LogP contribution >= 0.6 is 0 Å². The standard InChI is InChI=1S/C11H16N2/c1-11(2)4-3-8-9(11)5-7(12)6-10(8)13/h5-6H,3-4,12-13H2,1-2H3. The fourth-order valence-electron chi connectivity index (χ4n) is 2.17. The minimum atomic E-state index is 0.249. The summed E-state index contributed by atoms with van der Waals surface area (Å²) in [7, 11) is 0. The lowest BCUT2D eigenvalue weighted by atomic mass is 9.86. The molecule has 0 amide bonds. The molecule has 0 atom stereocenters. The molecule has 1 aliphatic carbocycles. The largest absolute Gasteiger partial charge is 0.399 e. The monoisotopic (exact) mass is 176 g/mol. The first kappa shape index (κ1) is 8.42. The van der Waals surface area contributed by atoms with Crippen molar-refractivity contribution in [3.63, 3.8) is 0 Å². The van der Waals surface area contributed by atoms with Crippen molar-refractivity contribution in [1.29, 1.82) is 0 Å². The van der Waals surface area contributed by atoms with E-state index in [1.54, 1.807) is 0 Å². The maximum Gasteiger partial charge on any atom is 0.0370 e. The van der Waals surface area contributed by atoms with E-state index in [2.05, 4.69) is 19.9 Å². The van der Waals surface area contributed by atoms with Gasteiger partial charge in [0.2, 0.25) is 0 Å². The average molecular weight is 176 g/mol. The second kappa shape index (κ2) is 2.41. The number of nitrogens with two attached hydrogens (primary N) is 2. The number of anilines is 2. The van der Waals surface area contributed by atoms with Crippen LogP contribution in [-0.2, 0) is 11.8 Å². The van der Waals surface area contributed by atoms with Crippen LogP contribution in [0.25, 0.3) is 0 Å². The average Bonchev–Trinajstić information content (AvgIpc) is 2.28. The number of hydrogen-bond donors (Lipinski definition) is 2. The third kappa shape index (κ3) is 1.17. The lowest BCUT2D eigenvalue weighted by Gasteiger charge is -2.19. The molecule has 0 saturated carbocycles. The molecule has 2 nitrogen and oxygen atoms in total. The van der Waals surface area contributed by atoms with Gasteiger partial charge >= 0.3 is 0 Å². The second-order valence-corrected chi connectivity index (χ2v) is 4.52. The van der Waals surface area contributed by atoms with Crippen molar-refractivity contribution in [2.24, 2.45) is 0 Å². The van der Waals surface area contributed by atoms with Gasteiger partial charge in [-0.1, -0.05) is 13.8 Å². The third-order valence-electron chi connectivity index (χ3n) is 3.04. The Morgan fingerprint density at radius 1 is 1.23 bits per heavy atom. The summed E-state index contributed by atoms with van der Waals surface area (Å²) < 4.78 is 0. The predicted molar refractivity (Wildman–Crippen MR) is 56.6 cm³/mol. The van der Waals surface area contributed by atoms with Gasteiger partial charge in [-0.2, -0.15) is 0 Å². The summed E-state index contributed by atoms with van der Waals surface area (Å²) in [5.74, 6) is 0. The van der Waals surface area contributed by atoms with Crippen LogP contribution in [0.3, 0.4) is 0 Å². The van der Waals surface area contributed by atoms with Gasteiger partial charge in [0.15, 0.2) is 0 Å². The zero-order valence-corrected chi connectivity index (χ0v) is 8.22. The van der Waals surface area contributed by atoms with Crippen molar-refractivity contribution in [3.8, 4) is 0 Å². The van der Waals surface area contributed by atoms with Crippen LogP contribution in [0.4, 0.5) is 11.4 Å². The van der Waals surface area contributed by atoms with Gasteiger partial charge in [0.25, 0.3) is 0 Å². The van der Waals surface area contributed by atoms with Gasteiger partial charge in [0.1, 0.15) is 0 Å². The van der Waals surface area contributed by atoms with Gasteiger partial charge in [-0.25, -0.2) is 0 Å². The molecule has 0 unspecified atom stereocenters. The molecule has 1 aromatic rings. The van der Waals surface area contributed by atoms with E-state index in [1.807, 2.05) is 6.07 Å². The molecule has 2 rings (SSSR count). The van der Waals surface area contributed by atoms with Crippen molar-refractivity contribution in [1.82, 2.24) is 0 Å². The molecule has 1 aliphatic rings. The molecule has 0 spiro atoms. The molecule has 0 bridgehead atoms. The number of benzene rings is 1. The summed E-state index contributed by atoms with van der Waals surface area (Å²) >= 11 is 0. The lowest BCUT2D eigenvalue weighted by molar-refractivity contribution is 0.522. The van der Waals surface area contributed by atoms with E-state index in [0.29, 0.717) is 0 Å². The fraction of sp³-hybridized carbons (Fsp3) is 0.455. The van der Waals surface area contributed by atoms with Crippen molar-refractivity contribution in [3.05, 3.63) is 23.3 Å². The van der Waals surface area contributed by atoms with E-state index in [4.69, 9.17) is 11.5 Å². The molecule has 4 N–H and O–H groups in total. The van der Waals surface area contributed by atoms with E-state index in [1.165, 1.54) is 17.5 Å². The van der Waals surface area contributed by atoms with Crippen molar-refractivity contribution in [2.45, 2.75) is 32.1 Å². The molecule has 0 aliphatic heterocycles. The van der Waals surface area contributed by atoms with Gasteiger partial charge < -0.3 is 11.5 Å². The van der Waals surface area contributed by atoms with Crippen molar-refractivity contribution >= 4 is 11.4 Å². The molecular weight excluding hydrogens is 160 g/mol. The Balaban J connectivity index is 2.65. The number of hydrogen-bond acceptors (Lipinski definition) is 2. The minimum Gasteiger partial charge on any atom is -0.399 e. The number of nitrogen functional groups attached to an aromatic ring is 2. The molecule has 0 aromatic heterocycles. The molecular formula is C11H16N2. The first-order chi connectivity index (χ1) is 6.00. The maximum absolute atomic E-state index is 5.91. The SMILES string of the molecule is CC1(C)CCc2c(N)cc(N)cc21. The topological polar surface area (TPSA) is 52.0 Å². The van der Waals surface area contributed by atoms with Crippen molar-refractivity contribution in [2.75, 3.05) is 11.5 Å². The molecule has 0 radical (unpaired) electrons. The second-order valence-electron chi connectivity index (χ2n) is 4.52.